The van der Waals surface area contributed by atoms with Crippen molar-refractivity contribution in [3.8, 4) is 0 Å². The van der Waals surface area contributed by atoms with E-state index >= 15 is 0 Å². The van der Waals surface area contributed by atoms with Crippen LogP contribution in [0.25, 0.3) is 10.9 Å². The van der Waals surface area contributed by atoms with Crippen molar-refractivity contribution in [3.63, 3.8) is 0 Å². The highest BCUT2D eigenvalue weighted by molar-refractivity contribution is 5.91. The minimum absolute atomic E-state index is 0.933. The molecule has 0 atom stereocenters. The minimum atomic E-state index is 0.933. The zero-order chi connectivity index (χ0) is 17.2. The van der Waals surface area contributed by atoms with Crippen LogP contribution in [0.1, 0.15) is 0 Å². The van der Waals surface area contributed by atoms with Gasteiger partial charge >= 0.3 is 0 Å². The van der Waals surface area contributed by atoms with Crippen LogP contribution >= 0.6 is 0 Å². The van der Waals surface area contributed by atoms with Crippen LogP contribution in [0.3, 0.4) is 0 Å². The Kier molecular flexibility index (Phi) is 4.05. The molecule has 3 heterocycles. The highest BCUT2D eigenvalue weighted by Gasteiger charge is 2.19. The van der Waals surface area contributed by atoms with Crippen LogP contribution in [0, 0.1) is 0 Å². The fraction of sp³-hybridized carbons (Fsp3) is 0.333. The van der Waals surface area contributed by atoms with Gasteiger partial charge in [-0.1, -0.05) is 0 Å². The largest absolute Gasteiger partial charge is 0.368 e. The average molecular weight is 335 g/mol. The number of hydrogen-bond donors (Lipinski definition) is 0. The van der Waals surface area contributed by atoms with Crippen molar-refractivity contribution in [2.45, 2.75) is 0 Å². The number of aromatic nitrogens is 4. The number of piperazine rings is 1. The third kappa shape index (κ3) is 3.05. The maximum Gasteiger partial charge on any atom is 0.147 e. The summed E-state index contributed by atoms with van der Waals surface area (Å²) >= 11 is 0. The number of nitrogens with zero attached hydrogens (tertiary/aromatic N) is 7. The Hall–Kier alpha value is -2.96. The van der Waals surface area contributed by atoms with Gasteiger partial charge in [-0.2, -0.15) is 0 Å². The van der Waals surface area contributed by atoms with Crippen LogP contribution in [0.4, 0.5) is 17.3 Å². The first-order valence-electron chi connectivity index (χ1n) is 8.40. The van der Waals surface area contributed by atoms with E-state index < -0.39 is 0 Å². The Bertz CT molecular complexity index is 858. The maximum absolute atomic E-state index is 4.42. The van der Waals surface area contributed by atoms with Crippen LogP contribution in [-0.2, 0) is 0 Å². The third-order valence-corrected chi connectivity index (χ3v) is 4.54. The van der Waals surface area contributed by atoms with Gasteiger partial charge < -0.3 is 14.7 Å². The topological polar surface area (TPSA) is 61.3 Å². The molecule has 0 amide bonds. The van der Waals surface area contributed by atoms with E-state index in [1.54, 1.807) is 18.7 Å². The van der Waals surface area contributed by atoms with Crippen LogP contribution in [-0.4, -0.2) is 60.2 Å². The molecular formula is C18H21N7. The zero-order valence-electron chi connectivity index (χ0n) is 14.5. The lowest BCUT2D eigenvalue weighted by atomic mass is 10.1. The lowest BCUT2D eigenvalue weighted by Crippen LogP contribution is -2.46. The van der Waals surface area contributed by atoms with Gasteiger partial charge in [-0.15, -0.1) is 0 Å². The van der Waals surface area contributed by atoms with E-state index in [1.807, 2.05) is 25.2 Å². The Morgan fingerprint density at radius 3 is 2.44 bits per heavy atom. The summed E-state index contributed by atoms with van der Waals surface area (Å²) in [7, 11) is 4.02. The second-order valence-electron chi connectivity index (χ2n) is 6.33. The van der Waals surface area contributed by atoms with Gasteiger partial charge in [0, 0.05) is 63.7 Å². The van der Waals surface area contributed by atoms with Crippen molar-refractivity contribution in [2.75, 3.05) is 55.0 Å². The maximum atomic E-state index is 4.42. The minimum Gasteiger partial charge on any atom is -0.368 e. The van der Waals surface area contributed by atoms with Crippen LogP contribution in [0.15, 0.2) is 43.1 Å². The van der Waals surface area contributed by atoms with Gasteiger partial charge in [0.1, 0.15) is 18.0 Å². The Balaban J connectivity index is 1.56. The second-order valence-corrected chi connectivity index (χ2v) is 6.33. The molecule has 7 nitrogen and oxygen atoms in total. The Labute approximate surface area is 147 Å². The standard InChI is InChI=1S/C18H21N7/c1-23(2)18-15-11-14(3-4-16(15)21-13-22-18)24-7-9-25(10-8-24)17-12-19-5-6-20-17/h3-6,11-13H,7-10H2,1-2H3. The van der Waals surface area contributed by atoms with Gasteiger partial charge in [-0.3, -0.25) is 4.98 Å². The van der Waals surface area contributed by atoms with Gasteiger partial charge in [-0.05, 0) is 18.2 Å². The Morgan fingerprint density at radius 2 is 1.72 bits per heavy atom. The molecule has 4 rings (SSSR count). The number of hydrogen-bond acceptors (Lipinski definition) is 7. The molecule has 0 radical (unpaired) electrons. The van der Waals surface area contributed by atoms with Gasteiger partial charge in [0.2, 0.25) is 0 Å². The first-order chi connectivity index (χ1) is 12.2. The lowest BCUT2D eigenvalue weighted by molar-refractivity contribution is 0.646. The average Bonchev–Trinajstić information content (AvgIpc) is 2.68. The van der Waals surface area contributed by atoms with E-state index in [4.69, 9.17) is 0 Å². The molecule has 1 fully saturated rings. The lowest BCUT2D eigenvalue weighted by Gasteiger charge is -2.36. The summed E-state index contributed by atoms with van der Waals surface area (Å²) in [5, 5.41) is 1.08. The molecule has 0 spiro atoms. The molecule has 0 bridgehead atoms. The van der Waals surface area contributed by atoms with Gasteiger partial charge in [0.15, 0.2) is 0 Å². The molecular weight excluding hydrogens is 314 g/mol. The van der Waals surface area contributed by atoms with Crippen molar-refractivity contribution in [3.05, 3.63) is 43.1 Å². The van der Waals surface area contributed by atoms with E-state index in [9.17, 15) is 0 Å². The molecule has 1 saturated heterocycles. The van der Waals surface area contributed by atoms with E-state index in [-0.39, 0.29) is 0 Å². The molecule has 0 aliphatic carbocycles. The van der Waals surface area contributed by atoms with Crippen molar-refractivity contribution in [1.82, 2.24) is 19.9 Å². The van der Waals surface area contributed by atoms with Crippen LogP contribution in [0.5, 0.6) is 0 Å². The summed E-state index contributed by atoms with van der Waals surface area (Å²) in [6, 6.07) is 6.42. The zero-order valence-corrected chi connectivity index (χ0v) is 14.5. The fourth-order valence-corrected chi connectivity index (χ4v) is 3.23. The number of rotatable bonds is 3. The number of benzene rings is 1. The van der Waals surface area contributed by atoms with Gasteiger partial charge in [-0.25, -0.2) is 15.0 Å². The predicted molar refractivity (Wildman–Crippen MR) is 100 cm³/mol. The molecule has 0 N–H and O–H groups in total. The Morgan fingerprint density at radius 1 is 0.920 bits per heavy atom. The SMILES string of the molecule is CN(C)c1ncnc2ccc(N3CCN(c4cnccn4)CC3)cc12. The van der Waals surface area contributed by atoms with E-state index in [1.165, 1.54) is 5.69 Å². The predicted octanol–water partition coefficient (Wildman–Crippen LogP) is 1.81. The third-order valence-electron chi connectivity index (χ3n) is 4.54. The number of anilines is 3. The van der Waals surface area contributed by atoms with Crippen LogP contribution in [0.2, 0.25) is 0 Å². The summed E-state index contributed by atoms with van der Waals surface area (Å²) in [6.07, 6.45) is 6.90. The second kappa shape index (κ2) is 6.51. The summed E-state index contributed by atoms with van der Waals surface area (Å²) in [4.78, 5) is 24.1. The molecule has 1 aromatic carbocycles. The molecule has 0 unspecified atom stereocenters. The number of fused-ring (bicyclic) bond motifs is 1. The quantitative estimate of drug-likeness (QED) is 0.723. The molecule has 7 heteroatoms. The molecule has 0 saturated carbocycles. The van der Waals surface area contributed by atoms with Crippen molar-refractivity contribution >= 4 is 28.2 Å². The van der Waals surface area contributed by atoms with E-state index in [0.29, 0.717) is 0 Å². The molecule has 2 aromatic heterocycles. The molecule has 25 heavy (non-hydrogen) atoms. The van der Waals surface area contributed by atoms with Crippen molar-refractivity contribution in [1.29, 1.82) is 0 Å². The van der Waals surface area contributed by atoms with Crippen LogP contribution < -0.4 is 14.7 Å². The van der Waals surface area contributed by atoms with Crippen molar-refractivity contribution < 1.29 is 0 Å². The molecule has 1 aliphatic heterocycles. The normalized spacial score (nSPS) is 14.8. The smallest absolute Gasteiger partial charge is 0.147 e. The molecule has 3 aromatic rings. The van der Waals surface area contributed by atoms with Crippen molar-refractivity contribution in [2.24, 2.45) is 0 Å². The monoisotopic (exact) mass is 335 g/mol. The van der Waals surface area contributed by atoms with Gasteiger partial charge in [0.25, 0.3) is 0 Å². The highest BCUT2D eigenvalue weighted by atomic mass is 15.3. The summed E-state index contributed by atoms with van der Waals surface area (Å²) in [5.41, 5.74) is 2.19. The fourth-order valence-electron chi connectivity index (χ4n) is 3.23. The first kappa shape index (κ1) is 15.6. The summed E-state index contributed by atoms with van der Waals surface area (Å²) < 4.78 is 0. The summed E-state index contributed by atoms with van der Waals surface area (Å²) in [6.45, 7) is 3.77. The molecule has 128 valence electrons. The molecule has 1 aliphatic rings. The summed E-state index contributed by atoms with van der Waals surface area (Å²) in [5.74, 6) is 1.90. The first-order valence-corrected chi connectivity index (χ1v) is 8.40. The van der Waals surface area contributed by atoms with E-state index in [0.717, 1.165) is 48.7 Å². The van der Waals surface area contributed by atoms with Gasteiger partial charge in [0.05, 0.1) is 11.7 Å². The highest BCUT2D eigenvalue weighted by Crippen LogP contribution is 2.27. The van der Waals surface area contributed by atoms with E-state index in [2.05, 4.69) is 47.9 Å².